The highest BCUT2D eigenvalue weighted by Gasteiger charge is 2.22. The summed E-state index contributed by atoms with van der Waals surface area (Å²) in [5, 5.41) is 2.91. The lowest BCUT2D eigenvalue weighted by Gasteiger charge is -2.14. The molecule has 7 heteroatoms. The normalized spacial score (nSPS) is 14.8. The van der Waals surface area contributed by atoms with E-state index >= 15 is 0 Å². The molecule has 1 atom stereocenters. The van der Waals surface area contributed by atoms with Crippen molar-refractivity contribution in [1.82, 2.24) is 14.7 Å². The summed E-state index contributed by atoms with van der Waals surface area (Å²) in [4.78, 5) is 31.9. The molecule has 0 unspecified atom stereocenters. The predicted molar refractivity (Wildman–Crippen MR) is 106 cm³/mol. The van der Waals surface area contributed by atoms with Crippen molar-refractivity contribution in [2.24, 2.45) is 0 Å². The molecule has 0 bridgehead atoms. The van der Waals surface area contributed by atoms with E-state index in [9.17, 15) is 9.59 Å². The summed E-state index contributed by atoms with van der Waals surface area (Å²) < 4.78 is 2.62. The van der Waals surface area contributed by atoms with Gasteiger partial charge in [-0.25, -0.2) is 4.98 Å². The zero-order chi connectivity index (χ0) is 18.3. The highest BCUT2D eigenvalue weighted by molar-refractivity contribution is 9.10. The Morgan fingerprint density at radius 3 is 2.77 bits per heavy atom. The molecular weight excluding hydrogens is 414 g/mol. The van der Waals surface area contributed by atoms with Crippen LogP contribution in [0.4, 0.5) is 0 Å². The molecule has 26 heavy (non-hydrogen) atoms. The zero-order valence-electron chi connectivity index (χ0n) is 14.3. The van der Waals surface area contributed by atoms with Crippen LogP contribution in [0.25, 0.3) is 4.96 Å². The number of aromatic nitrogens is 2. The van der Waals surface area contributed by atoms with Crippen LogP contribution in [0.5, 0.6) is 0 Å². The summed E-state index contributed by atoms with van der Waals surface area (Å²) in [6.45, 7) is 1.90. The van der Waals surface area contributed by atoms with Gasteiger partial charge in [-0.2, -0.15) is 0 Å². The van der Waals surface area contributed by atoms with E-state index < -0.39 is 0 Å². The maximum Gasteiger partial charge on any atom is 0.271 e. The molecule has 5 nitrogen and oxygen atoms in total. The highest BCUT2D eigenvalue weighted by atomic mass is 79.9. The quantitative estimate of drug-likeness (QED) is 0.683. The molecule has 0 saturated heterocycles. The van der Waals surface area contributed by atoms with Crippen LogP contribution in [-0.4, -0.2) is 15.3 Å². The largest absolute Gasteiger partial charge is 0.345 e. The smallest absolute Gasteiger partial charge is 0.271 e. The molecule has 1 aliphatic rings. The molecule has 4 rings (SSSR count). The molecule has 0 saturated carbocycles. The number of fused-ring (bicyclic) bond motifs is 3. The Hall–Kier alpha value is -1.99. The van der Waals surface area contributed by atoms with Crippen LogP contribution in [0, 0.1) is 0 Å². The predicted octanol–water partition coefficient (Wildman–Crippen LogP) is 3.89. The number of halogens is 1. The number of hydrogen-bond acceptors (Lipinski definition) is 4. The Morgan fingerprint density at radius 1 is 1.27 bits per heavy atom. The van der Waals surface area contributed by atoms with Crippen molar-refractivity contribution in [3.8, 4) is 0 Å². The summed E-state index contributed by atoms with van der Waals surface area (Å²) in [5.74, 6) is -0.386. The SMILES string of the molecule is C[C@H](NC(=O)c1cnc2sc3c(n2c1=O)CCCC3)c1ccc(Br)cc1. The molecule has 1 N–H and O–H groups in total. The van der Waals surface area contributed by atoms with Gasteiger partial charge in [0.2, 0.25) is 0 Å². The van der Waals surface area contributed by atoms with Crippen molar-refractivity contribution >= 4 is 38.1 Å². The third-order valence-electron chi connectivity index (χ3n) is 4.76. The molecule has 1 amide bonds. The molecule has 0 spiro atoms. The van der Waals surface area contributed by atoms with Gasteiger partial charge in [-0.05, 0) is 50.3 Å². The van der Waals surface area contributed by atoms with Crippen LogP contribution in [0.2, 0.25) is 0 Å². The van der Waals surface area contributed by atoms with Gasteiger partial charge in [-0.3, -0.25) is 14.0 Å². The van der Waals surface area contributed by atoms with Crippen molar-refractivity contribution in [2.45, 2.75) is 38.6 Å². The van der Waals surface area contributed by atoms with Gasteiger partial charge in [0.05, 0.1) is 6.04 Å². The van der Waals surface area contributed by atoms with Crippen molar-refractivity contribution < 1.29 is 4.79 Å². The van der Waals surface area contributed by atoms with E-state index in [2.05, 4.69) is 26.2 Å². The number of carbonyl (C=O) groups excluding carboxylic acids is 1. The van der Waals surface area contributed by atoms with E-state index in [0.29, 0.717) is 4.96 Å². The summed E-state index contributed by atoms with van der Waals surface area (Å²) in [6.07, 6.45) is 5.49. The molecule has 134 valence electrons. The van der Waals surface area contributed by atoms with E-state index in [1.807, 2.05) is 31.2 Å². The molecular formula is C19H18BrN3O2S. The van der Waals surface area contributed by atoms with Crippen LogP contribution in [0.15, 0.2) is 39.7 Å². The number of aryl methyl sites for hydroxylation is 2. The Kier molecular flexibility index (Phi) is 4.67. The van der Waals surface area contributed by atoms with Gasteiger partial charge in [-0.15, -0.1) is 11.3 Å². The van der Waals surface area contributed by atoms with Crippen LogP contribution in [0.3, 0.4) is 0 Å². The summed E-state index contributed by atoms with van der Waals surface area (Å²) in [5.41, 5.74) is 1.83. The number of amides is 1. The van der Waals surface area contributed by atoms with Gasteiger partial charge < -0.3 is 5.32 Å². The van der Waals surface area contributed by atoms with Gasteiger partial charge in [0, 0.05) is 21.2 Å². The fourth-order valence-corrected chi connectivity index (χ4v) is 4.77. The number of nitrogens with zero attached hydrogens (tertiary/aromatic N) is 2. The molecule has 0 aliphatic heterocycles. The molecule has 0 fully saturated rings. The summed E-state index contributed by atoms with van der Waals surface area (Å²) in [7, 11) is 0. The fraction of sp³-hybridized carbons (Fsp3) is 0.316. The van der Waals surface area contributed by atoms with Crippen LogP contribution in [-0.2, 0) is 12.8 Å². The van der Waals surface area contributed by atoms with Crippen molar-refractivity contribution in [3.63, 3.8) is 0 Å². The van der Waals surface area contributed by atoms with Crippen molar-refractivity contribution in [2.75, 3.05) is 0 Å². The number of benzene rings is 1. The Bertz CT molecular complexity index is 1040. The van der Waals surface area contributed by atoms with Gasteiger partial charge >= 0.3 is 0 Å². The molecule has 2 aromatic heterocycles. The number of hydrogen-bond donors (Lipinski definition) is 1. The van der Waals surface area contributed by atoms with E-state index in [0.717, 1.165) is 41.4 Å². The second kappa shape index (κ2) is 6.96. The monoisotopic (exact) mass is 431 g/mol. The minimum atomic E-state index is -0.386. The van der Waals surface area contributed by atoms with E-state index in [1.165, 1.54) is 11.1 Å². The lowest BCUT2D eigenvalue weighted by atomic mass is 10.0. The minimum Gasteiger partial charge on any atom is -0.345 e. The van der Waals surface area contributed by atoms with E-state index in [4.69, 9.17) is 0 Å². The third-order valence-corrected chi connectivity index (χ3v) is 6.45. The number of thiazole rings is 1. The molecule has 2 heterocycles. The topological polar surface area (TPSA) is 63.5 Å². The second-order valence-electron chi connectivity index (χ2n) is 6.52. The van der Waals surface area contributed by atoms with Gasteiger partial charge in [0.1, 0.15) is 5.56 Å². The molecule has 1 aliphatic carbocycles. The first kappa shape index (κ1) is 17.4. The van der Waals surface area contributed by atoms with Crippen LogP contribution >= 0.6 is 27.3 Å². The molecule has 3 aromatic rings. The Balaban J connectivity index is 1.65. The maximum atomic E-state index is 12.9. The summed E-state index contributed by atoms with van der Waals surface area (Å²) >= 11 is 4.96. The minimum absolute atomic E-state index is 0.0950. The van der Waals surface area contributed by atoms with Crippen molar-refractivity contribution in [1.29, 1.82) is 0 Å². The molecule has 1 aromatic carbocycles. The van der Waals surface area contributed by atoms with Gasteiger partial charge in [0.25, 0.3) is 11.5 Å². The first-order valence-electron chi connectivity index (χ1n) is 8.63. The average molecular weight is 432 g/mol. The van der Waals surface area contributed by atoms with Crippen molar-refractivity contribution in [3.05, 3.63) is 67.0 Å². The number of carbonyl (C=O) groups is 1. The van der Waals surface area contributed by atoms with E-state index in [1.54, 1.807) is 15.7 Å². The highest BCUT2D eigenvalue weighted by Crippen LogP contribution is 2.28. The number of rotatable bonds is 3. The zero-order valence-corrected chi connectivity index (χ0v) is 16.7. The third kappa shape index (κ3) is 3.10. The first-order valence-corrected chi connectivity index (χ1v) is 10.2. The lowest BCUT2D eigenvalue weighted by molar-refractivity contribution is 0.0938. The van der Waals surface area contributed by atoms with Gasteiger partial charge in [0.15, 0.2) is 4.96 Å². The first-order chi connectivity index (χ1) is 12.5. The van der Waals surface area contributed by atoms with Crippen LogP contribution < -0.4 is 10.9 Å². The molecule has 0 radical (unpaired) electrons. The lowest BCUT2D eigenvalue weighted by Crippen LogP contribution is -2.33. The van der Waals surface area contributed by atoms with Gasteiger partial charge in [-0.1, -0.05) is 28.1 Å². The Morgan fingerprint density at radius 2 is 2.00 bits per heavy atom. The number of nitrogens with one attached hydrogen (secondary N) is 1. The fourth-order valence-electron chi connectivity index (χ4n) is 3.33. The standard InChI is InChI=1S/C19H18BrN3O2S/c1-11(12-6-8-13(20)9-7-12)22-17(24)14-10-21-19-23(18(14)25)15-4-2-3-5-16(15)26-19/h6-11H,2-5H2,1H3,(H,22,24)/t11-/m0/s1. The Labute approximate surface area is 163 Å². The second-order valence-corrected chi connectivity index (χ2v) is 8.50. The average Bonchev–Trinajstić information content (AvgIpc) is 3.01. The van der Waals surface area contributed by atoms with E-state index in [-0.39, 0.29) is 23.1 Å². The van der Waals surface area contributed by atoms with Crippen LogP contribution in [0.1, 0.15) is 52.3 Å². The summed E-state index contributed by atoms with van der Waals surface area (Å²) in [6, 6.07) is 7.54. The maximum absolute atomic E-state index is 12.9.